The summed E-state index contributed by atoms with van der Waals surface area (Å²) in [5.41, 5.74) is 0. The van der Waals surface area contributed by atoms with Crippen molar-refractivity contribution in [2.24, 2.45) is 11.8 Å². The van der Waals surface area contributed by atoms with Crippen LogP contribution in [0.25, 0.3) is 0 Å². The molecule has 0 saturated carbocycles. The number of aliphatic hydroxyl groups excluding tert-OH is 1. The zero-order valence-electron chi connectivity index (χ0n) is 68.3. The zero-order valence-corrected chi connectivity index (χ0v) is 70.1. The quantitative estimate of drug-likeness (QED) is 0.0222. The van der Waals surface area contributed by atoms with Gasteiger partial charge in [-0.25, -0.2) is 9.13 Å². The van der Waals surface area contributed by atoms with Crippen LogP contribution < -0.4 is 0 Å². The highest BCUT2D eigenvalue weighted by Crippen LogP contribution is 2.45. The molecule has 0 spiro atoms. The molecule has 618 valence electrons. The van der Waals surface area contributed by atoms with E-state index in [0.717, 1.165) is 115 Å². The van der Waals surface area contributed by atoms with Gasteiger partial charge >= 0.3 is 39.5 Å². The van der Waals surface area contributed by atoms with Crippen molar-refractivity contribution in [1.82, 2.24) is 0 Å². The van der Waals surface area contributed by atoms with E-state index in [9.17, 15) is 43.2 Å². The van der Waals surface area contributed by atoms with Crippen molar-refractivity contribution in [3.8, 4) is 0 Å². The molecule has 0 rings (SSSR count). The Bertz CT molecular complexity index is 2000. The molecule has 0 fully saturated rings. The van der Waals surface area contributed by atoms with E-state index in [1.807, 2.05) is 0 Å². The number of rotatable bonds is 84. The third kappa shape index (κ3) is 76.8. The maximum Gasteiger partial charge on any atom is 0.472 e. The van der Waals surface area contributed by atoms with Crippen molar-refractivity contribution >= 4 is 39.5 Å². The van der Waals surface area contributed by atoms with E-state index >= 15 is 0 Å². The molecular formula is C85H166O17P2. The lowest BCUT2D eigenvalue weighted by Gasteiger charge is -2.21. The minimum absolute atomic E-state index is 0.107. The van der Waals surface area contributed by atoms with Crippen LogP contribution in [0.5, 0.6) is 0 Å². The number of esters is 4. The minimum Gasteiger partial charge on any atom is -0.462 e. The summed E-state index contributed by atoms with van der Waals surface area (Å²) in [5, 5.41) is 10.6. The first kappa shape index (κ1) is 102. The first-order valence-electron chi connectivity index (χ1n) is 44.0. The summed E-state index contributed by atoms with van der Waals surface area (Å²) in [7, 11) is -9.92. The highest BCUT2D eigenvalue weighted by Gasteiger charge is 2.30. The van der Waals surface area contributed by atoms with Crippen molar-refractivity contribution in [3.05, 3.63) is 0 Å². The van der Waals surface area contributed by atoms with Gasteiger partial charge in [-0.3, -0.25) is 37.3 Å². The second kappa shape index (κ2) is 76.4. The number of hydrogen-bond donors (Lipinski definition) is 3. The van der Waals surface area contributed by atoms with Gasteiger partial charge in [-0.15, -0.1) is 0 Å². The molecule has 17 nitrogen and oxygen atoms in total. The number of aliphatic hydroxyl groups is 1. The Morgan fingerprint density at radius 3 is 0.731 bits per heavy atom. The summed E-state index contributed by atoms with van der Waals surface area (Å²) in [5.74, 6) is -0.442. The predicted octanol–water partition coefficient (Wildman–Crippen LogP) is 25.8. The molecule has 3 unspecified atom stereocenters. The second-order valence-corrected chi connectivity index (χ2v) is 34.2. The van der Waals surface area contributed by atoms with E-state index in [1.54, 1.807) is 0 Å². The zero-order chi connectivity index (χ0) is 76.4. The molecule has 0 bridgehead atoms. The van der Waals surface area contributed by atoms with Crippen LogP contribution in [0.4, 0.5) is 0 Å². The van der Waals surface area contributed by atoms with E-state index in [1.165, 1.54) is 257 Å². The molecule has 6 atom stereocenters. The van der Waals surface area contributed by atoms with E-state index in [2.05, 4.69) is 41.5 Å². The van der Waals surface area contributed by atoms with Gasteiger partial charge < -0.3 is 33.8 Å². The van der Waals surface area contributed by atoms with Crippen LogP contribution in [-0.2, 0) is 65.4 Å². The Balaban J connectivity index is 5.16. The lowest BCUT2D eigenvalue weighted by atomic mass is 9.99. The number of phosphoric ester groups is 2. The summed E-state index contributed by atoms with van der Waals surface area (Å²) in [4.78, 5) is 73.0. The van der Waals surface area contributed by atoms with Gasteiger partial charge in [0.2, 0.25) is 0 Å². The lowest BCUT2D eigenvalue weighted by Crippen LogP contribution is -2.30. The van der Waals surface area contributed by atoms with Crippen LogP contribution in [-0.4, -0.2) is 96.7 Å². The number of ether oxygens (including phenoxy) is 4. The molecule has 0 saturated heterocycles. The molecule has 0 aliphatic carbocycles. The second-order valence-electron chi connectivity index (χ2n) is 31.3. The highest BCUT2D eigenvalue weighted by molar-refractivity contribution is 7.47. The lowest BCUT2D eigenvalue weighted by molar-refractivity contribution is -0.161. The number of hydrogen-bond acceptors (Lipinski definition) is 15. The standard InChI is InChI=1S/C85H166O17P2/c1-7-10-12-14-16-17-18-19-20-21-25-28-34-39-44-50-56-62-68-83(88)96-74-81(102-85(90)70-63-57-51-45-40-35-29-26-23-22-24-27-33-38-43-49-54-60-66-78(6)9-3)76-100-104(93,94)98-72-79(86)71-97-103(91,92)99-75-80(73-95-82(87)67-61-55-47-15-13-11-8-2)101-84(89)69-64-58-52-46-41-36-31-30-32-37-42-48-53-59-65-77(4)5/h77-81,86H,7-76H2,1-6H3,(H,91,92)(H,93,94)/t78?,79-,80+,81+/m0/s1. The molecule has 0 aliphatic rings. The van der Waals surface area contributed by atoms with Gasteiger partial charge in [-0.05, 0) is 37.5 Å². The smallest absolute Gasteiger partial charge is 0.462 e. The van der Waals surface area contributed by atoms with E-state index in [4.69, 9.17) is 37.0 Å². The van der Waals surface area contributed by atoms with Gasteiger partial charge in [-0.1, -0.05) is 401 Å². The van der Waals surface area contributed by atoms with E-state index in [0.29, 0.717) is 25.7 Å². The fourth-order valence-electron chi connectivity index (χ4n) is 13.2. The average Bonchev–Trinajstić information content (AvgIpc) is 0.910. The normalized spacial score (nSPS) is 14.1. The van der Waals surface area contributed by atoms with Gasteiger partial charge in [-0.2, -0.15) is 0 Å². The summed E-state index contributed by atoms with van der Waals surface area (Å²) in [6.07, 6.45) is 68.2. The van der Waals surface area contributed by atoms with Crippen molar-refractivity contribution in [1.29, 1.82) is 0 Å². The number of unbranched alkanes of at least 4 members (excludes halogenated alkanes) is 53. The number of carbonyl (C=O) groups excluding carboxylic acids is 4. The van der Waals surface area contributed by atoms with Gasteiger partial charge in [0.05, 0.1) is 26.4 Å². The summed E-state index contributed by atoms with van der Waals surface area (Å²) in [6.45, 7) is 9.71. The molecule has 0 aromatic heterocycles. The molecule has 104 heavy (non-hydrogen) atoms. The van der Waals surface area contributed by atoms with Gasteiger partial charge in [0.1, 0.15) is 19.3 Å². The van der Waals surface area contributed by atoms with Gasteiger partial charge in [0.25, 0.3) is 0 Å². The molecular weight excluding hydrogens is 1350 g/mol. The predicted molar refractivity (Wildman–Crippen MR) is 428 cm³/mol. The minimum atomic E-state index is -4.96. The first-order chi connectivity index (χ1) is 50.4. The Labute approximate surface area is 638 Å². The third-order valence-electron chi connectivity index (χ3n) is 20.3. The van der Waals surface area contributed by atoms with Crippen LogP contribution in [0.2, 0.25) is 0 Å². The Hall–Kier alpha value is -1.94. The average molecular weight is 1520 g/mol. The first-order valence-corrected chi connectivity index (χ1v) is 47.0. The third-order valence-corrected chi connectivity index (χ3v) is 22.2. The molecule has 0 heterocycles. The SMILES string of the molecule is CCCCCCCCCCCCCCCCCCCCC(=O)OC[C@H](COP(=O)(O)OC[C@@H](O)COP(=O)(O)OC[C@@H](COC(=O)CCCCCCCCC)OC(=O)CCCCCCCCCCCCCCCCC(C)C)OC(=O)CCCCCCCCCCCCCCCCCCCCC(C)CC. The van der Waals surface area contributed by atoms with Crippen LogP contribution in [0.1, 0.15) is 452 Å². The van der Waals surface area contributed by atoms with E-state index in [-0.39, 0.29) is 25.7 Å². The summed E-state index contributed by atoms with van der Waals surface area (Å²) < 4.78 is 68.7. The van der Waals surface area contributed by atoms with Crippen LogP contribution in [0.15, 0.2) is 0 Å². The van der Waals surface area contributed by atoms with Crippen LogP contribution in [0.3, 0.4) is 0 Å². The topological polar surface area (TPSA) is 237 Å². The maximum absolute atomic E-state index is 13.1. The Morgan fingerprint density at radius 1 is 0.279 bits per heavy atom. The fraction of sp³-hybridized carbons (Fsp3) is 0.953. The van der Waals surface area contributed by atoms with Crippen LogP contribution in [0, 0.1) is 11.8 Å². The molecule has 19 heteroatoms. The maximum atomic E-state index is 13.1. The molecule has 0 aromatic rings. The Morgan fingerprint density at radius 2 is 0.490 bits per heavy atom. The van der Waals surface area contributed by atoms with Gasteiger partial charge in [0, 0.05) is 25.7 Å². The highest BCUT2D eigenvalue weighted by atomic mass is 31.2. The fourth-order valence-corrected chi connectivity index (χ4v) is 14.8. The van der Waals surface area contributed by atoms with Crippen molar-refractivity contribution in [2.75, 3.05) is 39.6 Å². The molecule has 0 aromatic carbocycles. The van der Waals surface area contributed by atoms with E-state index < -0.39 is 97.5 Å². The van der Waals surface area contributed by atoms with Crippen molar-refractivity contribution in [3.63, 3.8) is 0 Å². The largest absolute Gasteiger partial charge is 0.472 e. The van der Waals surface area contributed by atoms with Crippen LogP contribution >= 0.6 is 15.6 Å². The van der Waals surface area contributed by atoms with Crippen molar-refractivity contribution < 1.29 is 80.2 Å². The summed E-state index contributed by atoms with van der Waals surface area (Å²) >= 11 is 0. The Kier molecular flexibility index (Phi) is 75.0. The van der Waals surface area contributed by atoms with Gasteiger partial charge in [0.15, 0.2) is 12.2 Å². The number of carbonyl (C=O) groups is 4. The summed E-state index contributed by atoms with van der Waals surface area (Å²) in [6, 6.07) is 0. The molecule has 0 aliphatic heterocycles. The number of phosphoric acid groups is 2. The molecule has 0 amide bonds. The monoisotopic (exact) mass is 1520 g/mol. The van der Waals surface area contributed by atoms with Crippen molar-refractivity contribution in [2.45, 2.75) is 471 Å². The molecule has 3 N–H and O–H groups in total. The molecule has 0 radical (unpaired) electrons.